The Balaban J connectivity index is 0.000000276. The Bertz CT molecular complexity index is 1140. The topological polar surface area (TPSA) is 99.5 Å². The number of benzene rings is 2. The highest BCUT2D eigenvalue weighted by molar-refractivity contribution is 5.73. The molecule has 2 N–H and O–H groups in total. The summed E-state index contributed by atoms with van der Waals surface area (Å²) in [6, 6.07) is 18.2. The van der Waals surface area contributed by atoms with Crippen LogP contribution in [0.15, 0.2) is 48.5 Å². The Morgan fingerprint density at radius 3 is 1.88 bits per heavy atom. The Morgan fingerprint density at radius 1 is 0.878 bits per heavy atom. The third-order valence-electron chi connectivity index (χ3n) is 7.05. The average molecular weight is 593 g/mol. The van der Waals surface area contributed by atoms with Crippen molar-refractivity contribution in [3.8, 4) is 5.75 Å². The molecule has 1 aliphatic carbocycles. The van der Waals surface area contributed by atoms with E-state index in [0.717, 1.165) is 45.1 Å². The number of aliphatic carboxylic acids is 2. The average Bonchev–Trinajstić information content (AvgIpc) is 3.45. The Labute approximate surface area is 232 Å². The maximum Gasteiger partial charge on any atom is 0.490 e. The number of carbonyl (C=O) groups is 2. The maximum absolute atomic E-state index is 10.6. The Kier molecular flexibility index (Phi) is 10.6. The lowest BCUT2D eigenvalue weighted by Crippen LogP contribution is -2.41. The van der Waals surface area contributed by atoms with Gasteiger partial charge in [0.15, 0.2) is 0 Å². The van der Waals surface area contributed by atoms with Gasteiger partial charge in [-0.05, 0) is 34.7 Å². The van der Waals surface area contributed by atoms with E-state index in [-0.39, 0.29) is 0 Å². The molecule has 2 aromatic carbocycles. The highest BCUT2D eigenvalue weighted by Gasteiger charge is 2.48. The number of carboxylic acid groups (broad SMARTS) is 2. The maximum atomic E-state index is 10.6. The summed E-state index contributed by atoms with van der Waals surface area (Å²) in [6.45, 7) is 7.20. The number of hydrogen-bond donors (Lipinski definition) is 2. The second-order valence-electron chi connectivity index (χ2n) is 9.64. The molecule has 14 heteroatoms. The van der Waals surface area contributed by atoms with E-state index in [9.17, 15) is 26.3 Å². The second kappa shape index (κ2) is 13.5. The minimum absolute atomic E-state index is 0.552. The number of methoxy groups -OCH3 is 1. The molecule has 226 valence electrons. The minimum atomic E-state index is -5.08. The molecule has 2 fully saturated rings. The molecule has 2 aromatic rings. The third-order valence-corrected chi connectivity index (χ3v) is 7.05. The number of hydrogen-bond acceptors (Lipinski definition) is 6. The number of morpholine rings is 1. The van der Waals surface area contributed by atoms with E-state index in [1.165, 1.54) is 12.1 Å². The highest BCUT2D eigenvalue weighted by Crippen LogP contribution is 2.52. The first-order valence-electron chi connectivity index (χ1n) is 12.6. The normalized spacial score (nSPS) is 22.4. The summed E-state index contributed by atoms with van der Waals surface area (Å²) >= 11 is 0. The van der Waals surface area contributed by atoms with Crippen molar-refractivity contribution in [3.63, 3.8) is 0 Å². The number of fused-ring (bicyclic) bond motifs is 3. The summed E-state index contributed by atoms with van der Waals surface area (Å²) < 4.78 is 74.4. The van der Waals surface area contributed by atoms with Crippen LogP contribution in [-0.4, -0.2) is 90.8 Å². The van der Waals surface area contributed by atoms with Crippen molar-refractivity contribution in [2.45, 2.75) is 30.9 Å². The van der Waals surface area contributed by atoms with E-state index in [1.54, 1.807) is 18.2 Å². The fourth-order valence-electron chi connectivity index (χ4n) is 5.35. The third kappa shape index (κ3) is 8.57. The van der Waals surface area contributed by atoms with E-state index in [1.807, 2.05) is 0 Å². The van der Waals surface area contributed by atoms with Crippen LogP contribution in [0.4, 0.5) is 26.3 Å². The molecule has 0 radical (unpaired) electrons. The number of likely N-dealkylation sites (tertiary alicyclic amines) is 1. The van der Waals surface area contributed by atoms with Gasteiger partial charge in [0.1, 0.15) is 5.75 Å². The lowest BCUT2D eigenvalue weighted by Gasteiger charge is -2.36. The van der Waals surface area contributed by atoms with E-state index >= 15 is 0 Å². The number of halogens is 6. The van der Waals surface area contributed by atoms with Gasteiger partial charge in [-0.1, -0.05) is 36.4 Å². The summed E-state index contributed by atoms with van der Waals surface area (Å²) in [5.41, 5.74) is 4.52. The van der Waals surface area contributed by atoms with Crippen LogP contribution in [0, 0.1) is 5.92 Å². The Morgan fingerprint density at radius 2 is 1.39 bits per heavy atom. The van der Waals surface area contributed by atoms with Gasteiger partial charge in [0.25, 0.3) is 0 Å². The van der Waals surface area contributed by atoms with Gasteiger partial charge in [0, 0.05) is 44.7 Å². The molecular formula is C27H30F6N2O6. The summed E-state index contributed by atoms with van der Waals surface area (Å²) in [5, 5.41) is 14.2. The van der Waals surface area contributed by atoms with Crippen LogP contribution in [0.5, 0.6) is 5.75 Å². The van der Waals surface area contributed by atoms with Crippen molar-refractivity contribution in [1.82, 2.24) is 9.80 Å². The predicted octanol–water partition coefficient (Wildman–Crippen LogP) is 4.56. The van der Waals surface area contributed by atoms with Gasteiger partial charge in [-0.3, -0.25) is 9.80 Å². The van der Waals surface area contributed by atoms with Crippen molar-refractivity contribution in [2.24, 2.45) is 5.92 Å². The molecule has 2 aliphatic heterocycles. The van der Waals surface area contributed by atoms with Crippen molar-refractivity contribution >= 4 is 11.9 Å². The molecule has 0 amide bonds. The largest absolute Gasteiger partial charge is 0.497 e. The van der Waals surface area contributed by atoms with E-state index in [2.05, 4.69) is 58.3 Å². The molecular weight excluding hydrogens is 562 g/mol. The van der Waals surface area contributed by atoms with Crippen LogP contribution >= 0.6 is 0 Å². The fraction of sp³-hybridized carbons (Fsp3) is 0.481. The lowest BCUT2D eigenvalue weighted by molar-refractivity contribution is -0.193. The van der Waals surface area contributed by atoms with Gasteiger partial charge >= 0.3 is 24.3 Å². The summed E-state index contributed by atoms with van der Waals surface area (Å²) in [5.74, 6) is -3.23. The number of carboxylic acids is 2. The van der Waals surface area contributed by atoms with Gasteiger partial charge in [0.2, 0.25) is 0 Å². The molecule has 2 saturated heterocycles. The first kappa shape index (κ1) is 32.2. The summed E-state index contributed by atoms with van der Waals surface area (Å²) in [7, 11) is 1.72. The zero-order valence-electron chi connectivity index (χ0n) is 22.0. The first-order chi connectivity index (χ1) is 19.2. The smallest absolute Gasteiger partial charge is 0.490 e. The first-order valence-corrected chi connectivity index (χ1v) is 12.6. The van der Waals surface area contributed by atoms with Crippen LogP contribution in [0.3, 0.4) is 0 Å². The fourth-order valence-corrected chi connectivity index (χ4v) is 5.35. The molecule has 0 aromatic heterocycles. The molecule has 2 heterocycles. The number of ether oxygens (including phenoxy) is 2. The van der Waals surface area contributed by atoms with Gasteiger partial charge < -0.3 is 19.7 Å². The van der Waals surface area contributed by atoms with Crippen LogP contribution in [0.1, 0.15) is 28.7 Å². The lowest BCUT2D eigenvalue weighted by atomic mass is 9.93. The van der Waals surface area contributed by atoms with Crippen LogP contribution < -0.4 is 4.74 Å². The molecule has 5 rings (SSSR count). The zero-order chi connectivity index (χ0) is 30.4. The quantitative estimate of drug-likeness (QED) is 0.499. The summed E-state index contributed by atoms with van der Waals surface area (Å²) in [4.78, 5) is 23.1. The monoisotopic (exact) mass is 592 g/mol. The van der Waals surface area contributed by atoms with E-state index < -0.39 is 24.3 Å². The van der Waals surface area contributed by atoms with Crippen molar-refractivity contribution in [3.05, 3.63) is 65.2 Å². The van der Waals surface area contributed by atoms with Gasteiger partial charge in [-0.25, -0.2) is 9.59 Å². The van der Waals surface area contributed by atoms with Crippen molar-refractivity contribution in [2.75, 3.05) is 46.5 Å². The Hall–Kier alpha value is -3.36. The molecule has 0 spiro atoms. The van der Waals surface area contributed by atoms with Crippen LogP contribution in [-0.2, 0) is 20.9 Å². The molecule has 0 saturated carbocycles. The standard InChI is InChI=1S/C23H28N2O2.2C2HF3O2/c1-26-18-8-6-17(7-9-18)14-24-15-21-19-4-2-3-5-20(19)23(22(21)16-24)25-10-12-27-13-11-25;2*3-2(4,5)1(6)7/h2-9,21-23H,10-16H2,1H3;2*(H,6,7)/t21-,22-,23-;;/m0../s1. The molecule has 0 bridgehead atoms. The molecule has 0 unspecified atom stereocenters. The number of nitrogens with zero attached hydrogens (tertiary/aromatic N) is 2. The zero-order valence-corrected chi connectivity index (χ0v) is 22.0. The van der Waals surface area contributed by atoms with Crippen LogP contribution in [0.2, 0.25) is 0 Å². The molecule has 3 aliphatic rings. The van der Waals surface area contributed by atoms with E-state index in [0.29, 0.717) is 17.9 Å². The van der Waals surface area contributed by atoms with Crippen molar-refractivity contribution in [1.29, 1.82) is 0 Å². The van der Waals surface area contributed by atoms with Gasteiger partial charge in [-0.2, -0.15) is 26.3 Å². The SMILES string of the molecule is COc1ccc(CN2C[C@H]3[C@@H](C2)c2ccccc2[C@@H]3N2CCOCC2)cc1.O=C(O)C(F)(F)F.O=C(O)C(F)(F)F. The number of rotatable bonds is 4. The molecule has 3 atom stereocenters. The highest BCUT2D eigenvalue weighted by atomic mass is 19.4. The van der Waals surface area contributed by atoms with E-state index in [4.69, 9.17) is 29.3 Å². The van der Waals surface area contributed by atoms with Crippen LogP contribution in [0.25, 0.3) is 0 Å². The minimum Gasteiger partial charge on any atom is -0.497 e. The predicted molar refractivity (Wildman–Crippen MR) is 133 cm³/mol. The second-order valence-corrected chi connectivity index (χ2v) is 9.64. The van der Waals surface area contributed by atoms with Crippen molar-refractivity contribution < 1.29 is 55.6 Å². The molecule has 8 nitrogen and oxygen atoms in total. The molecule has 41 heavy (non-hydrogen) atoms. The number of alkyl halides is 6. The van der Waals surface area contributed by atoms with Gasteiger partial charge in [-0.15, -0.1) is 0 Å². The summed E-state index contributed by atoms with van der Waals surface area (Å²) in [6.07, 6.45) is -10.2. The van der Waals surface area contributed by atoms with Gasteiger partial charge in [0.05, 0.1) is 20.3 Å².